The highest BCUT2D eigenvalue weighted by Crippen LogP contribution is 2.30. The van der Waals surface area contributed by atoms with E-state index in [4.69, 9.17) is 4.74 Å². The van der Waals surface area contributed by atoms with Gasteiger partial charge in [0.05, 0.1) is 23.9 Å². The molecule has 0 radical (unpaired) electrons. The van der Waals surface area contributed by atoms with Crippen LogP contribution in [0, 0.1) is 0 Å². The summed E-state index contributed by atoms with van der Waals surface area (Å²) in [4.78, 5) is 24.0. The topological polar surface area (TPSA) is 87.7 Å². The lowest BCUT2D eigenvalue weighted by Gasteiger charge is -2.12. The van der Waals surface area contributed by atoms with Gasteiger partial charge < -0.3 is 20.5 Å². The first-order valence-electron chi connectivity index (χ1n) is 8.94. The molecule has 31 heavy (non-hydrogen) atoms. The Labute approximate surface area is 175 Å². The molecule has 3 aromatic rings. The second kappa shape index (κ2) is 8.78. The van der Waals surface area contributed by atoms with Gasteiger partial charge in [0.25, 0.3) is 5.91 Å². The van der Waals surface area contributed by atoms with Crippen molar-refractivity contribution in [2.45, 2.75) is 6.18 Å². The Morgan fingerprint density at radius 2 is 1.65 bits per heavy atom. The number of carbonyl (C=O) groups is 2. The molecule has 0 unspecified atom stereocenters. The summed E-state index contributed by atoms with van der Waals surface area (Å²) in [5, 5.41) is 14.9. The second-order valence-corrected chi connectivity index (χ2v) is 6.45. The molecule has 0 saturated heterocycles. The van der Waals surface area contributed by atoms with E-state index < -0.39 is 23.6 Å². The van der Waals surface area contributed by atoms with Crippen LogP contribution in [0.3, 0.4) is 0 Å². The van der Waals surface area contributed by atoms with Crippen LogP contribution >= 0.6 is 0 Å². The van der Waals surface area contributed by atoms with E-state index in [0.29, 0.717) is 17.1 Å². The fourth-order valence-electron chi connectivity index (χ4n) is 2.78. The van der Waals surface area contributed by atoms with E-state index in [1.165, 1.54) is 43.5 Å². The maximum atomic E-state index is 12.7. The number of carbonyl (C=O) groups excluding carboxylic acids is 1. The lowest BCUT2D eigenvalue weighted by Crippen LogP contribution is -2.12. The SMILES string of the molecule is COc1ccc(Nc2cccc(C(=O)Nc3ccc(C(F)(F)F)cc3)c2)c(C(=O)O)c1. The van der Waals surface area contributed by atoms with E-state index in [1.54, 1.807) is 18.2 Å². The maximum Gasteiger partial charge on any atom is 0.416 e. The van der Waals surface area contributed by atoms with Gasteiger partial charge in [0.15, 0.2) is 0 Å². The minimum atomic E-state index is -4.46. The van der Waals surface area contributed by atoms with Crippen molar-refractivity contribution in [1.82, 2.24) is 0 Å². The number of nitrogens with one attached hydrogen (secondary N) is 2. The zero-order valence-corrected chi connectivity index (χ0v) is 16.2. The third-order valence-electron chi connectivity index (χ3n) is 4.33. The Morgan fingerprint density at radius 1 is 0.935 bits per heavy atom. The summed E-state index contributed by atoms with van der Waals surface area (Å²) in [5.74, 6) is -1.30. The Morgan fingerprint density at radius 3 is 2.26 bits per heavy atom. The Hall–Kier alpha value is -4.01. The molecular formula is C22H17F3N2O4. The quantitative estimate of drug-likeness (QED) is 0.487. The molecule has 3 N–H and O–H groups in total. The highest BCUT2D eigenvalue weighted by atomic mass is 19.4. The molecule has 0 aliphatic rings. The van der Waals surface area contributed by atoms with E-state index >= 15 is 0 Å². The molecule has 0 aliphatic carbocycles. The predicted molar refractivity (Wildman–Crippen MR) is 109 cm³/mol. The molecule has 0 heterocycles. The largest absolute Gasteiger partial charge is 0.497 e. The number of halogens is 3. The monoisotopic (exact) mass is 430 g/mol. The molecule has 3 aromatic carbocycles. The summed E-state index contributed by atoms with van der Waals surface area (Å²) in [7, 11) is 1.42. The maximum absolute atomic E-state index is 12.7. The van der Waals surface area contributed by atoms with Crippen molar-refractivity contribution in [2.24, 2.45) is 0 Å². The fourth-order valence-corrected chi connectivity index (χ4v) is 2.78. The Kier molecular flexibility index (Phi) is 6.15. The number of aromatic carboxylic acids is 1. The van der Waals surface area contributed by atoms with Crippen molar-refractivity contribution in [2.75, 3.05) is 17.7 Å². The number of carboxylic acid groups (broad SMARTS) is 1. The first-order chi connectivity index (χ1) is 14.7. The normalized spacial score (nSPS) is 11.0. The summed E-state index contributed by atoms with van der Waals surface area (Å²) < 4.78 is 43.0. The molecule has 0 spiro atoms. The Balaban J connectivity index is 1.77. The first kappa shape index (κ1) is 21.7. The summed E-state index contributed by atoms with van der Waals surface area (Å²) in [6.45, 7) is 0. The molecule has 0 bridgehead atoms. The molecule has 3 rings (SSSR count). The van der Waals surface area contributed by atoms with E-state index in [-0.39, 0.29) is 16.8 Å². The number of hydrogen-bond acceptors (Lipinski definition) is 4. The molecule has 0 atom stereocenters. The number of anilines is 3. The third-order valence-corrected chi connectivity index (χ3v) is 4.33. The van der Waals surface area contributed by atoms with Crippen molar-refractivity contribution in [3.8, 4) is 5.75 Å². The number of hydrogen-bond donors (Lipinski definition) is 3. The van der Waals surface area contributed by atoms with Crippen LogP contribution in [0.25, 0.3) is 0 Å². The number of carboxylic acids is 1. The van der Waals surface area contributed by atoms with Crippen molar-refractivity contribution >= 4 is 28.9 Å². The second-order valence-electron chi connectivity index (χ2n) is 6.45. The highest BCUT2D eigenvalue weighted by molar-refractivity contribution is 6.05. The number of methoxy groups -OCH3 is 1. The van der Waals surface area contributed by atoms with Crippen molar-refractivity contribution in [3.63, 3.8) is 0 Å². The molecule has 6 nitrogen and oxygen atoms in total. The number of amides is 1. The van der Waals surface area contributed by atoms with Crippen LogP contribution in [-0.2, 0) is 6.18 Å². The van der Waals surface area contributed by atoms with Crippen LogP contribution in [0.4, 0.5) is 30.2 Å². The molecule has 160 valence electrons. The fraction of sp³-hybridized carbons (Fsp3) is 0.0909. The minimum absolute atomic E-state index is 0.0149. The zero-order chi connectivity index (χ0) is 22.6. The molecule has 0 fully saturated rings. The van der Waals surface area contributed by atoms with E-state index in [9.17, 15) is 27.9 Å². The number of ether oxygens (including phenoxy) is 1. The molecule has 0 aromatic heterocycles. The van der Waals surface area contributed by atoms with Gasteiger partial charge in [-0.2, -0.15) is 13.2 Å². The van der Waals surface area contributed by atoms with E-state index in [2.05, 4.69) is 10.6 Å². The van der Waals surface area contributed by atoms with Gasteiger partial charge in [-0.3, -0.25) is 4.79 Å². The van der Waals surface area contributed by atoms with Crippen molar-refractivity contribution in [1.29, 1.82) is 0 Å². The lowest BCUT2D eigenvalue weighted by atomic mass is 10.1. The molecular weight excluding hydrogens is 413 g/mol. The molecule has 0 aliphatic heterocycles. The smallest absolute Gasteiger partial charge is 0.416 e. The molecule has 1 amide bonds. The number of alkyl halides is 3. The summed E-state index contributed by atoms with van der Waals surface area (Å²) in [6, 6.07) is 14.8. The Bertz CT molecular complexity index is 1110. The third kappa shape index (κ3) is 5.33. The lowest BCUT2D eigenvalue weighted by molar-refractivity contribution is -0.137. The predicted octanol–water partition coefficient (Wildman–Crippen LogP) is 5.41. The summed E-state index contributed by atoms with van der Waals surface area (Å²) in [5.41, 5.74) is 0.362. The van der Waals surface area contributed by atoms with Gasteiger partial charge in [-0.1, -0.05) is 6.07 Å². The standard InChI is InChI=1S/C22H17F3N2O4/c1-31-17-9-10-19(18(12-17)21(29)30)26-16-4-2-3-13(11-16)20(28)27-15-7-5-14(6-8-15)22(23,24)25/h2-12,26H,1H3,(H,27,28)(H,29,30). The van der Waals surface area contributed by atoms with Crippen molar-refractivity contribution < 1.29 is 32.6 Å². The summed E-state index contributed by atoms with van der Waals surface area (Å²) in [6.07, 6.45) is -4.46. The van der Waals surface area contributed by atoms with Crippen LogP contribution < -0.4 is 15.4 Å². The van der Waals surface area contributed by atoms with Gasteiger partial charge in [-0.05, 0) is 60.7 Å². The van der Waals surface area contributed by atoms with Gasteiger partial charge in [-0.15, -0.1) is 0 Å². The van der Waals surface area contributed by atoms with Gasteiger partial charge >= 0.3 is 12.1 Å². The highest BCUT2D eigenvalue weighted by Gasteiger charge is 2.30. The number of benzene rings is 3. The van der Waals surface area contributed by atoms with Crippen LogP contribution in [0.1, 0.15) is 26.3 Å². The van der Waals surface area contributed by atoms with Crippen LogP contribution in [-0.4, -0.2) is 24.1 Å². The van der Waals surface area contributed by atoms with Gasteiger partial charge in [-0.25, -0.2) is 4.79 Å². The zero-order valence-electron chi connectivity index (χ0n) is 16.2. The van der Waals surface area contributed by atoms with Crippen LogP contribution in [0.2, 0.25) is 0 Å². The molecule has 9 heteroatoms. The number of rotatable bonds is 6. The first-order valence-corrected chi connectivity index (χ1v) is 8.94. The van der Waals surface area contributed by atoms with Gasteiger partial charge in [0.2, 0.25) is 0 Å². The van der Waals surface area contributed by atoms with Crippen LogP contribution in [0.5, 0.6) is 5.75 Å². The average Bonchev–Trinajstić information content (AvgIpc) is 2.74. The van der Waals surface area contributed by atoms with Gasteiger partial charge in [0.1, 0.15) is 5.75 Å². The van der Waals surface area contributed by atoms with Gasteiger partial charge in [0, 0.05) is 16.9 Å². The average molecular weight is 430 g/mol. The van der Waals surface area contributed by atoms with E-state index in [1.807, 2.05) is 0 Å². The minimum Gasteiger partial charge on any atom is -0.497 e. The van der Waals surface area contributed by atoms with Crippen molar-refractivity contribution in [3.05, 3.63) is 83.4 Å². The van der Waals surface area contributed by atoms with Crippen LogP contribution in [0.15, 0.2) is 66.7 Å². The summed E-state index contributed by atoms with van der Waals surface area (Å²) >= 11 is 0. The van der Waals surface area contributed by atoms with E-state index in [0.717, 1.165) is 12.1 Å². The molecule has 0 saturated carbocycles.